The van der Waals surface area contributed by atoms with Crippen LogP contribution in [0, 0.1) is 24.2 Å². The van der Waals surface area contributed by atoms with Crippen molar-refractivity contribution in [2.24, 2.45) is 11.8 Å². The smallest absolute Gasteiger partial charge is 0.369 e. The monoisotopic (exact) mass is 980 g/mol. The van der Waals surface area contributed by atoms with E-state index in [2.05, 4.69) is 54.4 Å². The molecule has 3 rings (SSSR count). The number of nitrogens with zero attached hydrogens (tertiary/aromatic N) is 3. The van der Waals surface area contributed by atoms with Crippen molar-refractivity contribution in [1.29, 1.82) is 0 Å². The van der Waals surface area contributed by atoms with Crippen molar-refractivity contribution >= 4 is 95.6 Å². The highest BCUT2D eigenvalue weighted by atomic mass is 32.1. The summed E-state index contributed by atoms with van der Waals surface area (Å²) in [5.41, 5.74) is 7.53. The van der Waals surface area contributed by atoms with E-state index in [-0.39, 0.29) is 103 Å². The summed E-state index contributed by atoms with van der Waals surface area (Å²) in [4.78, 5) is 184. The summed E-state index contributed by atoms with van der Waals surface area (Å²) in [7, 11) is 0. The van der Waals surface area contributed by atoms with Gasteiger partial charge in [-0.2, -0.15) is 65.6 Å². The maximum atomic E-state index is 12.9. The number of anilines is 1. The number of amides is 3. The van der Waals surface area contributed by atoms with Gasteiger partial charge in [0.25, 0.3) is 5.56 Å². The standard InChI is InChI=1S/C38H48N8O7S.5CO2/c1-5-8-27(36(52)43-24(4)30(48)19-22(2)35(51)40-17-18-54)20-31(49)23(3)42-32(50)10-7-6-9-29(47)26-14-11-25(12-15-26)13-16-28-21-41-34-33(44-28)37(53)46-38(39)45-34;5*2-1-3/h1,11-12,14-15,21-24,27,54H,6-10,13,16-20H2,2-4H3,(H,40,51)(H,42,50)(H,43,52)(H3,39,41,45,46,53);;;;;/t22-,23+,24+,27-;;;;;/m1...../s1. The number of nitrogens with two attached hydrogens (primary N) is 1. The number of H-pyrrole nitrogens is 1. The van der Waals surface area contributed by atoms with Crippen molar-refractivity contribution in [3.05, 3.63) is 57.6 Å². The Morgan fingerprint density at radius 2 is 1.26 bits per heavy atom. The number of Topliss-reactive ketones (excluding diaryl/α,β-unsaturated/α-hetero) is 3. The Kier molecular flexibility index (Phi) is 37.4. The number of rotatable bonds is 22. The lowest BCUT2D eigenvalue weighted by Gasteiger charge is -2.20. The van der Waals surface area contributed by atoms with Crippen LogP contribution in [0.25, 0.3) is 11.2 Å². The Labute approximate surface area is 397 Å². The van der Waals surface area contributed by atoms with Gasteiger partial charge in [-0.1, -0.05) is 31.2 Å². The summed E-state index contributed by atoms with van der Waals surface area (Å²) in [6, 6.07) is 5.44. The van der Waals surface area contributed by atoms with Gasteiger partial charge >= 0.3 is 30.8 Å². The van der Waals surface area contributed by atoms with Crippen molar-refractivity contribution < 1.29 is 76.7 Å². The molecule has 0 fully saturated rings. The molecule has 0 saturated carbocycles. The quantitative estimate of drug-likeness (QED) is 0.0309. The lowest BCUT2D eigenvalue weighted by atomic mass is 9.94. The van der Waals surface area contributed by atoms with Gasteiger partial charge in [0.2, 0.25) is 23.7 Å². The molecule has 0 aliphatic heterocycles. The number of aromatic amines is 1. The van der Waals surface area contributed by atoms with Gasteiger partial charge in [-0.05, 0) is 45.1 Å². The average molecular weight is 981 g/mol. The molecule has 0 unspecified atom stereocenters. The molecule has 0 radical (unpaired) electrons. The number of nitrogens with one attached hydrogen (secondary N) is 4. The Bertz CT molecular complexity index is 2350. The largest absolute Gasteiger partial charge is 0.373 e. The highest BCUT2D eigenvalue weighted by molar-refractivity contribution is 7.80. The molecule has 25 nitrogen and oxygen atoms in total. The second-order valence-corrected chi connectivity index (χ2v) is 14.1. The van der Waals surface area contributed by atoms with E-state index in [0.29, 0.717) is 49.2 Å². The molecule has 26 heteroatoms. The van der Waals surface area contributed by atoms with E-state index in [4.69, 9.17) is 60.1 Å². The molecular formula is C43H48N8O17S. The molecule has 0 saturated heterocycles. The minimum atomic E-state index is -0.905. The lowest BCUT2D eigenvalue weighted by molar-refractivity contribution is -0.193. The van der Waals surface area contributed by atoms with Crippen LogP contribution in [0.5, 0.6) is 0 Å². The van der Waals surface area contributed by atoms with E-state index in [1.807, 2.05) is 12.1 Å². The molecule has 2 heterocycles. The first-order valence-corrected chi connectivity index (χ1v) is 20.5. The van der Waals surface area contributed by atoms with E-state index in [0.717, 1.165) is 5.56 Å². The first-order valence-electron chi connectivity index (χ1n) is 19.9. The first kappa shape index (κ1) is 64.8. The molecule has 0 aliphatic carbocycles. The second kappa shape index (κ2) is 39.8. The highest BCUT2D eigenvalue weighted by Crippen LogP contribution is 2.15. The van der Waals surface area contributed by atoms with Gasteiger partial charge in [0.05, 0.1) is 29.9 Å². The topological polar surface area (TPSA) is 407 Å². The van der Waals surface area contributed by atoms with E-state index in [1.54, 1.807) is 25.3 Å². The molecule has 3 amide bonds. The summed E-state index contributed by atoms with van der Waals surface area (Å²) in [5, 5.41) is 7.91. The van der Waals surface area contributed by atoms with Crippen LogP contribution in [0.2, 0.25) is 0 Å². The minimum Gasteiger partial charge on any atom is -0.369 e. The molecule has 368 valence electrons. The third-order valence-corrected chi connectivity index (χ3v) is 8.96. The zero-order valence-electron chi connectivity index (χ0n) is 37.4. The van der Waals surface area contributed by atoms with Crippen LogP contribution in [0.1, 0.15) is 87.3 Å². The van der Waals surface area contributed by atoms with Gasteiger partial charge in [0.1, 0.15) is 0 Å². The highest BCUT2D eigenvalue weighted by Gasteiger charge is 2.28. The summed E-state index contributed by atoms with van der Waals surface area (Å²) in [6.07, 6.45) is 10.3. The zero-order chi connectivity index (χ0) is 53.3. The summed E-state index contributed by atoms with van der Waals surface area (Å²) in [6.45, 7) is 5.02. The molecule has 69 heavy (non-hydrogen) atoms. The number of terminal acetylenes is 1. The average Bonchev–Trinajstić information content (AvgIpc) is 3.30. The number of fused-ring (bicyclic) bond motifs is 1. The molecule has 4 atom stereocenters. The summed E-state index contributed by atoms with van der Waals surface area (Å²) < 4.78 is 0. The van der Waals surface area contributed by atoms with Crippen LogP contribution >= 0.6 is 12.6 Å². The van der Waals surface area contributed by atoms with E-state index < -0.39 is 41.2 Å². The third-order valence-electron chi connectivity index (χ3n) is 8.74. The van der Waals surface area contributed by atoms with E-state index in [1.165, 1.54) is 13.8 Å². The number of benzene rings is 1. The van der Waals surface area contributed by atoms with Crippen molar-refractivity contribution in [1.82, 2.24) is 35.9 Å². The summed E-state index contributed by atoms with van der Waals surface area (Å²) >= 11 is 4.04. The summed E-state index contributed by atoms with van der Waals surface area (Å²) in [5.74, 6) is -0.669. The number of aromatic nitrogens is 4. The molecule has 0 spiro atoms. The van der Waals surface area contributed by atoms with E-state index in [9.17, 15) is 33.6 Å². The fourth-order valence-electron chi connectivity index (χ4n) is 5.49. The van der Waals surface area contributed by atoms with Crippen molar-refractivity contribution in [3.8, 4) is 12.3 Å². The lowest BCUT2D eigenvalue weighted by Crippen LogP contribution is -2.45. The zero-order valence-corrected chi connectivity index (χ0v) is 38.3. The molecule has 0 bridgehead atoms. The number of hydrogen-bond donors (Lipinski definition) is 6. The number of carbonyl (C=O) groups is 6. The molecule has 3 aromatic rings. The fraction of sp³-hybridized carbons (Fsp3) is 0.419. The number of unbranched alkanes of at least 4 members (excludes halogenated alkanes) is 1. The first-order chi connectivity index (χ1) is 32.8. The fourth-order valence-corrected chi connectivity index (χ4v) is 5.60. The molecule has 1 aromatic carbocycles. The number of thiol groups is 1. The van der Waals surface area contributed by atoms with Crippen LogP contribution in [-0.4, -0.2) is 110 Å². The van der Waals surface area contributed by atoms with Crippen LogP contribution in [0.4, 0.5) is 5.95 Å². The maximum Gasteiger partial charge on any atom is 0.373 e. The Morgan fingerprint density at radius 1 is 0.739 bits per heavy atom. The third kappa shape index (κ3) is 29.6. The Hall–Kier alpha value is -8.53. The number of nitrogen functional groups attached to an aromatic ring is 1. The van der Waals surface area contributed by atoms with Crippen molar-refractivity contribution in [3.63, 3.8) is 0 Å². The number of carbonyl (C=O) groups excluding carboxylic acids is 16. The predicted molar refractivity (Wildman–Crippen MR) is 231 cm³/mol. The SMILES string of the molecule is C#CC[C@H](CC(=O)[C@H](C)NC(=O)CCCCC(=O)c1ccc(CCc2cnc3nc(N)[nH]c(=O)c3n2)cc1)C(=O)N[C@@H](C)C(=O)C[C@@H](C)C(=O)NCCS.O=C=O.O=C=O.O=C=O.O=C=O.O=C=O. The maximum absolute atomic E-state index is 12.9. The van der Waals surface area contributed by atoms with Crippen LogP contribution in [0.15, 0.2) is 35.3 Å². The van der Waals surface area contributed by atoms with Gasteiger partial charge in [-0.25, -0.2) is 9.97 Å². The van der Waals surface area contributed by atoms with Gasteiger partial charge in [-0.3, -0.25) is 38.5 Å². The molecule has 2 aromatic heterocycles. The van der Waals surface area contributed by atoms with Crippen LogP contribution in [0.3, 0.4) is 0 Å². The normalized spacial score (nSPS) is 10.9. The number of aryl methyl sites for hydroxylation is 2. The van der Waals surface area contributed by atoms with Gasteiger partial charge < -0.3 is 21.7 Å². The Balaban J connectivity index is -0.00000256. The van der Waals surface area contributed by atoms with Crippen LogP contribution in [-0.2, 0) is 84.8 Å². The van der Waals surface area contributed by atoms with Gasteiger partial charge in [0.15, 0.2) is 28.5 Å². The van der Waals surface area contributed by atoms with Crippen molar-refractivity contribution in [2.45, 2.75) is 90.6 Å². The molecule has 6 N–H and O–H groups in total. The Morgan fingerprint density at radius 3 is 1.80 bits per heavy atom. The predicted octanol–water partition coefficient (Wildman–Crippen LogP) is -0.844. The van der Waals surface area contributed by atoms with Crippen molar-refractivity contribution in [2.75, 3.05) is 18.0 Å². The molecular weight excluding hydrogens is 933 g/mol. The van der Waals surface area contributed by atoms with Gasteiger partial charge in [-0.15, -0.1) is 12.3 Å². The molecule has 0 aliphatic rings. The van der Waals surface area contributed by atoms with Gasteiger partial charge in [0, 0.05) is 55.9 Å². The minimum absolute atomic E-state index is 0.0276. The number of hydrogen-bond acceptors (Lipinski definition) is 22. The van der Waals surface area contributed by atoms with Crippen LogP contribution < -0.4 is 27.2 Å². The van der Waals surface area contributed by atoms with E-state index >= 15 is 0 Å². The number of ketones is 3. The second-order valence-electron chi connectivity index (χ2n) is 13.6.